The van der Waals surface area contributed by atoms with Gasteiger partial charge in [0.2, 0.25) is 0 Å². The first-order chi connectivity index (χ1) is 9.15. The molecule has 2 amide bonds. The van der Waals surface area contributed by atoms with E-state index in [0.29, 0.717) is 23.9 Å². The van der Waals surface area contributed by atoms with Crippen molar-refractivity contribution in [1.82, 2.24) is 5.32 Å². The Morgan fingerprint density at radius 3 is 3.00 bits per heavy atom. The fourth-order valence-corrected chi connectivity index (χ4v) is 2.22. The second-order valence-corrected chi connectivity index (χ2v) is 5.04. The van der Waals surface area contributed by atoms with E-state index in [1.54, 1.807) is 17.0 Å². The zero-order chi connectivity index (χ0) is 13.8. The summed E-state index contributed by atoms with van der Waals surface area (Å²) in [7, 11) is 0. The molecule has 1 N–H and O–H groups in total. The normalized spacial score (nSPS) is 17.6. The largest absolute Gasteiger partial charge is 0.486 e. The third kappa shape index (κ3) is 3.13. The summed E-state index contributed by atoms with van der Waals surface area (Å²) in [5.41, 5.74) is 0.741. The second kappa shape index (κ2) is 6.15. The molecule has 104 valence electrons. The quantitative estimate of drug-likeness (QED) is 0.923. The molecule has 0 saturated carbocycles. The van der Waals surface area contributed by atoms with Gasteiger partial charge in [-0.2, -0.15) is 0 Å². The minimum atomic E-state index is -0.0906. The average molecular weight is 283 g/mol. The van der Waals surface area contributed by atoms with Crippen LogP contribution in [0.15, 0.2) is 18.2 Å². The van der Waals surface area contributed by atoms with Gasteiger partial charge in [0.1, 0.15) is 11.9 Å². The predicted octanol–water partition coefficient (Wildman–Crippen LogP) is 3.44. The number of hydrogen-bond donors (Lipinski definition) is 1. The van der Waals surface area contributed by atoms with Crippen LogP contribution in [0.4, 0.5) is 10.5 Å². The van der Waals surface area contributed by atoms with Crippen molar-refractivity contribution in [3.05, 3.63) is 23.2 Å². The summed E-state index contributed by atoms with van der Waals surface area (Å²) >= 11 is 6.01. The molecular formula is C14H19ClN2O2. The van der Waals surface area contributed by atoms with Crippen molar-refractivity contribution in [3.63, 3.8) is 0 Å². The molecule has 5 heteroatoms. The van der Waals surface area contributed by atoms with Gasteiger partial charge in [-0.3, -0.25) is 4.90 Å². The average Bonchev–Trinajstić information content (AvgIpc) is 2.43. The molecule has 2 rings (SSSR count). The lowest BCUT2D eigenvalue weighted by atomic mass is 10.1. The van der Waals surface area contributed by atoms with Gasteiger partial charge >= 0.3 is 6.03 Å². The van der Waals surface area contributed by atoms with Gasteiger partial charge in [-0.15, -0.1) is 0 Å². The number of ether oxygens (including phenoxy) is 1. The number of anilines is 1. The Bertz CT molecular complexity index is 465. The first kappa shape index (κ1) is 14.0. The number of benzene rings is 1. The van der Waals surface area contributed by atoms with Crippen molar-refractivity contribution in [2.45, 2.75) is 32.8 Å². The van der Waals surface area contributed by atoms with Gasteiger partial charge in [-0.1, -0.05) is 25.4 Å². The van der Waals surface area contributed by atoms with E-state index in [2.05, 4.69) is 5.32 Å². The molecule has 19 heavy (non-hydrogen) atoms. The van der Waals surface area contributed by atoms with E-state index in [-0.39, 0.29) is 12.1 Å². The summed E-state index contributed by atoms with van der Waals surface area (Å²) in [6.07, 6.45) is 1.80. The molecule has 1 aliphatic rings. The number of nitrogens with zero attached hydrogens (tertiary/aromatic N) is 1. The molecule has 0 fully saturated rings. The highest BCUT2D eigenvalue weighted by Gasteiger charge is 2.28. The highest BCUT2D eigenvalue weighted by atomic mass is 35.5. The van der Waals surface area contributed by atoms with Crippen LogP contribution in [0.2, 0.25) is 5.02 Å². The van der Waals surface area contributed by atoms with Crippen LogP contribution in [0, 0.1) is 0 Å². The van der Waals surface area contributed by atoms with Crippen molar-refractivity contribution in [1.29, 1.82) is 0 Å². The summed E-state index contributed by atoms with van der Waals surface area (Å²) in [6, 6.07) is 5.28. The van der Waals surface area contributed by atoms with Crippen LogP contribution in [0.3, 0.4) is 0 Å². The molecular weight excluding hydrogens is 264 g/mol. The molecule has 1 aliphatic heterocycles. The second-order valence-electron chi connectivity index (χ2n) is 4.60. The van der Waals surface area contributed by atoms with E-state index in [0.717, 1.165) is 18.5 Å². The fraction of sp³-hybridized carbons (Fsp3) is 0.500. The number of halogens is 1. The van der Waals surface area contributed by atoms with Crippen LogP contribution >= 0.6 is 11.6 Å². The van der Waals surface area contributed by atoms with Gasteiger partial charge in [0.25, 0.3) is 0 Å². The molecule has 0 aliphatic carbocycles. The molecule has 1 aromatic carbocycles. The van der Waals surface area contributed by atoms with E-state index >= 15 is 0 Å². The lowest BCUT2D eigenvalue weighted by Gasteiger charge is -2.34. The number of hydrogen-bond acceptors (Lipinski definition) is 2. The number of rotatable bonds is 3. The lowest BCUT2D eigenvalue weighted by molar-refractivity contribution is 0.186. The van der Waals surface area contributed by atoms with Crippen molar-refractivity contribution in [2.24, 2.45) is 0 Å². The van der Waals surface area contributed by atoms with Crippen molar-refractivity contribution < 1.29 is 9.53 Å². The van der Waals surface area contributed by atoms with E-state index in [4.69, 9.17) is 16.3 Å². The van der Waals surface area contributed by atoms with Crippen molar-refractivity contribution in [3.8, 4) is 5.75 Å². The monoisotopic (exact) mass is 282 g/mol. The molecule has 0 unspecified atom stereocenters. The highest BCUT2D eigenvalue weighted by Crippen LogP contribution is 2.36. The topological polar surface area (TPSA) is 41.6 Å². The summed E-state index contributed by atoms with van der Waals surface area (Å²) in [4.78, 5) is 13.9. The van der Waals surface area contributed by atoms with Crippen molar-refractivity contribution >= 4 is 23.3 Å². The Balaban J connectivity index is 2.27. The maximum absolute atomic E-state index is 12.2. The molecule has 1 heterocycles. The Labute approximate surface area is 118 Å². The zero-order valence-electron chi connectivity index (χ0n) is 11.3. The van der Waals surface area contributed by atoms with Gasteiger partial charge in [0.05, 0.1) is 12.2 Å². The third-order valence-electron chi connectivity index (χ3n) is 3.12. The van der Waals surface area contributed by atoms with E-state index in [1.807, 2.05) is 19.9 Å². The van der Waals surface area contributed by atoms with Gasteiger partial charge in [-0.05, 0) is 31.0 Å². The van der Waals surface area contributed by atoms with E-state index < -0.39 is 0 Å². The smallest absolute Gasteiger partial charge is 0.322 e. The number of carbonyl (C=O) groups is 1. The minimum Gasteiger partial charge on any atom is -0.486 e. The first-order valence-corrected chi connectivity index (χ1v) is 7.05. The van der Waals surface area contributed by atoms with Crippen LogP contribution < -0.4 is 15.0 Å². The summed E-state index contributed by atoms with van der Waals surface area (Å²) in [6.45, 7) is 5.30. The van der Waals surface area contributed by atoms with Gasteiger partial charge in [0.15, 0.2) is 0 Å². The Morgan fingerprint density at radius 2 is 2.32 bits per heavy atom. The Morgan fingerprint density at radius 1 is 1.53 bits per heavy atom. The molecule has 0 radical (unpaired) electrons. The summed E-state index contributed by atoms with van der Waals surface area (Å²) in [5, 5.41) is 3.50. The SMILES string of the molecule is CCCNC(=O)N1C[C@@H](CC)Oc2ccc(Cl)cc21. The zero-order valence-corrected chi connectivity index (χ0v) is 12.0. The maximum Gasteiger partial charge on any atom is 0.322 e. The van der Waals surface area contributed by atoms with Crippen LogP contribution in [0.5, 0.6) is 5.75 Å². The first-order valence-electron chi connectivity index (χ1n) is 6.67. The van der Waals surface area contributed by atoms with Crippen LogP contribution in [0.25, 0.3) is 0 Å². The molecule has 0 bridgehead atoms. The molecule has 1 atom stereocenters. The maximum atomic E-state index is 12.2. The number of fused-ring (bicyclic) bond motifs is 1. The molecule has 0 saturated heterocycles. The summed E-state index contributed by atoms with van der Waals surface area (Å²) in [5.74, 6) is 0.717. The number of amides is 2. The number of urea groups is 1. The van der Waals surface area contributed by atoms with E-state index in [1.165, 1.54) is 0 Å². The molecule has 0 aromatic heterocycles. The van der Waals surface area contributed by atoms with Crippen LogP contribution in [-0.4, -0.2) is 25.2 Å². The molecule has 1 aromatic rings. The molecule has 0 spiro atoms. The predicted molar refractivity (Wildman–Crippen MR) is 77.2 cm³/mol. The van der Waals surface area contributed by atoms with Crippen molar-refractivity contribution in [2.75, 3.05) is 18.0 Å². The van der Waals surface area contributed by atoms with Crippen LogP contribution in [0.1, 0.15) is 26.7 Å². The highest BCUT2D eigenvalue weighted by molar-refractivity contribution is 6.31. The number of nitrogens with one attached hydrogen (secondary N) is 1. The van der Waals surface area contributed by atoms with Gasteiger partial charge in [-0.25, -0.2) is 4.79 Å². The number of carbonyl (C=O) groups excluding carboxylic acids is 1. The lowest BCUT2D eigenvalue weighted by Crippen LogP contribution is -2.48. The Kier molecular flexibility index (Phi) is 4.53. The van der Waals surface area contributed by atoms with E-state index in [9.17, 15) is 4.79 Å². The fourth-order valence-electron chi connectivity index (χ4n) is 2.05. The summed E-state index contributed by atoms with van der Waals surface area (Å²) < 4.78 is 5.84. The van der Waals surface area contributed by atoms with Crippen LogP contribution in [-0.2, 0) is 0 Å². The third-order valence-corrected chi connectivity index (χ3v) is 3.35. The van der Waals surface area contributed by atoms with Gasteiger partial charge in [0, 0.05) is 11.6 Å². The minimum absolute atomic E-state index is 0.0288. The standard InChI is InChI=1S/C14H19ClN2O2/c1-3-7-16-14(18)17-9-11(4-2)19-13-6-5-10(15)8-12(13)17/h5-6,8,11H,3-4,7,9H2,1-2H3,(H,16,18)/t11-/m1/s1. The molecule has 4 nitrogen and oxygen atoms in total. The van der Waals surface area contributed by atoms with Gasteiger partial charge < -0.3 is 10.1 Å². The Hall–Kier alpha value is -1.42.